The molecule has 1 spiro atoms. The van der Waals surface area contributed by atoms with Crippen molar-refractivity contribution in [2.45, 2.75) is 57.3 Å². The van der Waals surface area contributed by atoms with Crippen LogP contribution in [0, 0.1) is 5.92 Å². The van der Waals surface area contributed by atoms with Crippen LogP contribution < -0.4 is 0 Å². The predicted molar refractivity (Wildman–Crippen MR) is 81.3 cm³/mol. The Morgan fingerprint density at radius 1 is 1.38 bits per heavy atom. The van der Waals surface area contributed by atoms with Crippen molar-refractivity contribution in [1.29, 1.82) is 0 Å². The van der Waals surface area contributed by atoms with Gasteiger partial charge in [-0.3, -0.25) is 5.01 Å². The molecule has 1 saturated carbocycles. The largest absolute Gasteiger partial charge is 0.382 e. The molecule has 2 heterocycles. The molecule has 2 aliphatic heterocycles. The van der Waals surface area contributed by atoms with Crippen LogP contribution in [0.2, 0.25) is 0 Å². The van der Waals surface area contributed by atoms with Gasteiger partial charge in [0.15, 0.2) is 5.79 Å². The minimum absolute atomic E-state index is 0.309. The van der Waals surface area contributed by atoms with Crippen molar-refractivity contribution in [3.8, 4) is 0 Å². The first-order chi connectivity index (χ1) is 10.3. The summed E-state index contributed by atoms with van der Waals surface area (Å²) in [5.41, 5.74) is 1.34. The van der Waals surface area contributed by atoms with Crippen LogP contribution >= 0.6 is 0 Å². The number of nitrogens with zero attached hydrogens (tertiary/aromatic N) is 2. The number of ether oxygens (including phenoxy) is 3. The highest BCUT2D eigenvalue weighted by molar-refractivity contribution is 5.87. The van der Waals surface area contributed by atoms with Gasteiger partial charge in [-0.05, 0) is 25.7 Å². The standard InChI is InChI=1S/C16H28N2O3/c1-3-13-11-16(20-9-10-21-16)7-6-15(13)17-18-8-4-5-14(18)12-19-2/h13-14H,3-12H2,1-2H3/b17-15+/t13-,14+/m1/s1. The normalized spacial score (nSPS) is 34.2. The zero-order chi connectivity index (χ0) is 14.7. The molecule has 0 bridgehead atoms. The summed E-state index contributed by atoms with van der Waals surface area (Å²) in [5, 5.41) is 7.26. The molecule has 0 N–H and O–H groups in total. The van der Waals surface area contributed by atoms with Crippen molar-refractivity contribution in [3.63, 3.8) is 0 Å². The smallest absolute Gasteiger partial charge is 0.169 e. The molecule has 2 atom stereocenters. The van der Waals surface area contributed by atoms with Gasteiger partial charge >= 0.3 is 0 Å². The van der Waals surface area contributed by atoms with Gasteiger partial charge in [0.25, 0.3) is 0 Å². The van der Waals surface area contributed by atoms with Gasteiger partial charge in [0.1, 0.15) is 0 Å². The van der Waals surface area contributed by atoms with Crippen molar-refractivity contribution in [3.05, 3.63) is 0 Å². The fraction of sp³-hybridized carbons (Fsp3) is 0.938. The Morgan fingerprint density at radius 3 is 2.90 bits per heavy atom. The fourth-order valence-electron chi connectivity index (χ4n) is 3.87. The molecule has 1 aliphatic carbocycles. The molecule has 3 aliphatic rings. The summed E-state index contributed by atoms with van der Waals surface area (Å²) in [7, 11) is 1.78. The molecule has 120 valence electrons. The molecule has 2 saturated heterocycles. The van der Waals surface area contributed by atoms with Crippen molar-refractivity contribution in [2.75, 3.05) is 33.5 Å². The number of hydrogen-bond donors (Lipinski definition) is 0. The van der Waals surface area contributed by atoms with E-state index in [1.54, 1.807) is 7.11 Å². The molecule has 5 nitrogen and oxygen atoms in total. The maximum absolute atomic E-state index is 5.88. The molecule has 21 heavy (non-hydrogen) atoms. The van der Waals surface area contributed by atoms with Crippen molar-refractivity contribution in [1.82, 2.24) is 5.01 Å². The zero-order valence-corrected chi connectivity index (χ0v) is 13.3. The molecular formula is C16H28N2O3. The monoisotopic (exact) mass is 296 g/mol. The van der Waals surface area contributed by atoms with Crippen LogP contribution in [-0.4, -0.2) is 56.0 Å². The molecule has 3 rings (SSSR count). The lowest BCUT2D eigenvalue weighted by Crippen LogP contribution is -2.41. The summed E-state index contributed by atoms with van der Waals surface area (Å²) in [4.78, 5) is 0. The lowest BCUT2D eigenvalue weighted by atomic mass is 9.81. The van der Waals surface area contributed by atoms with E-state index in [-0.39, 0.29) is 5.79 Å². The molecule has 0 unspecified atom stereocenters. The summed E-state index contributed by atoms with van der Waals surface area (Å²) in [5.74, 6) is 0.178. The molecule has 0 aromatic heterocycles. The Bertz CT molecular complexity index is 380. The second kappa shape index (κ2) is 6.63. The average Bonchev–Trinajstić information content (AvgIpc) is 3.12. The SMILES string of the molecule is CC[C@@H]1CC2(CC/C1=N\N1CCC[C@H]1COC)OCCO2. The first-order valence-corrected chi connectivity index (χ1v) is 8.37. The zero-order valence-electron chi connectivity index (χ0n) is 13.3. The Morgan fingerprint density at radius 2 is 2.19 bits per heavy atom. The van der Waals surface area contributed by atoms with E-state index in [4.69, 9.17) is 19.3 Å². The fourth-order valence-corrected chi connectivity index (χ4v) is 3.87. The summed E-state index contributed by atoms with van der Waals surface area (Å²) in [6.07, 6.45) is 6.43. The van der Waals surface area contributed by atoms with E-state index in [1.165, 1.54) is 18.6 Å². The molecule has 5 heteroatoms. The first-order valence-electron chi connectivity index (χ1n) is 8.37. The first kappa shape index (κ1) is 15.3. The minimum atomic E-state index is -0.309. The molecule has 3 fully saturated rings. The third-order valence-corrected chi connectivity index (χ3v) is 5.06. The number of methoxy groups -OCH3 is 1. The maximum Gasteiger partial charge on any atom is 0.169 e. The van der Waals surface area contributed by atoms with E-state index in [0.29, 0.717) is 12.0 Å². The molecule has 0 aromatic carbocycles. The maximum atomic E-state index is 5.88. The van der Waals surface area contributed by atoms with E-state index in [2.05, 4.69) is 11.9 Å². The molecule has 0 radical (unpaired) electrons. The van der Waals surface area contributed by atoms with Gasteiger partial charge in [0.2, 0.25) is 0 Å². The summed E-state index contributed by atoms with van der Waals surface area (Å²) < 4.78 is 17.1. The van der Waals surface area contributed by atoms with Gasteiger partial charge in [0, 0.05) is 38.1 Å². The Hall–Kier alpha value is -0.650. The van der Waals surface area contributed by atoms with Crippen LogP contribution in [0.4, 0.5) is 0 Å². The van der Waals surface area contributed by atoms with Crippen LogP contribution in [-0.2, 0) is 14.2 Å². The molecule has 0 aromatic rings. The summed E-state index contributed by atoms with van der Waals surface area (Å²) in [6.45, 7) is 5.57. The summed E-state index contributed by atoms with van der Waals surface area (Å²) >= 11 is 0. The quantitative estimate of drug-likeness (QED) is 0.799. The molecular weight excluding hydrogens is 268 g/mol. The number of hydrazone groups is 1. The van der Waals surface area contributed by atoms with Crippen molar-refractivity contribution >= 4 is 5.71 Å². The highest BCUT2D eigenvalue weighted by atomic mass is 16.7. The Balaban J connectivity index is 1.68. The molecule has 0 amide bonds. The van der Waals surface area contributed by atoms with E-state index in [1.807, 2.05) is 0 Å². The topological polar surface area (TPSA) is 43.3 Å². The van der Waals surface area contributed by atoms with E-state index < -0.39 is 0 Å². The van der Waals surface area contributed by atoms with Crippen LogP contribution in [0.5, 0.6) is 0 Å². The van der Waals surface area contributed by atoms with E-state index in [0.717, 1.165) is 52.0 Å². The second-order valence-corrected chi connectivity index (χ2v) is 6.42. The van der Waals surface area contributed by atoms with Crippen LogP contribution in [0.15, 0.2) is 5.10 Å². The van der Waals surface area contributed by atoms with E-state index in [9.17, 15) is 0 Å². The minimum Gasteiger partial charge on any atom is -0.382 e. The third-order valence-electron chi connectivity index (χ3n) is 5.06. The highest BCUT2D eigenvalue weighted by Crippen LogP contribution is 2.39. The van der Waals surface area contributed by atoms with E-state index >= 15 is 0 Å². The average molecular weight is 296 g/mol. The second-order valence-electron chi connectivity index (χ2n) is 6.42. The third kappa shape index (κ3) is 3.25. The number of hydrogen-bond acceptors (Lipinski definition) is 5. The van der Waals surface area contributed by atoms with Gasteiger partial charge in [-0.1, -0.05) is 6.92 Å². The lowest BCUT2D eigenvalue weighted by molar-refractivity contribution is -0.174. The van der Waals surface area contributed by atoms with Gasteiger partial charge in [-0.2, -0.15) is 5.10 Å². The van der Waals surface area contributed by atoms with Gasteiger partial charge in [-0.15, -0.1) is 0 Å². The summed E-state index contributed by atoms with van der Waals surface area (Å²) in [6, 6.07) is 0.454. The van der Waals surface area contributed by atoms with Crippen molar-refractivity contribution < 1.29 is 14.2 Å². The van der Waals surface area contributed by atoms with Gasteiger partial charge in [0.05, 0.1) is 25.9 Å². The lowest BCUT2D eigenvalue weighted by Gasteiger charge is -2.37. The Labute approximate surface area is 127 Å². The Kier molecular flexibility index (Phi) is 4.82. The van der Waals surface area contributed by atoms with Crippen LogP contribution in [0.1, 0.15) is 45.4 Å². The predicted octanol–water partition coefficient (Wildman–Crippen LogP) is 2.41. The number of rotatable bonds is 4. The van der Waals surface area contributed by atoms with Gasteiger partial charge in [-0.25, -0.2) is 0 Å². The van der Waals surface area contributed by atoms with Gasteiger partial charge < -0.3 is 14.2 Å². The highest BCUT2D eigenvalue weighted by Gasteiger charge is 2.43. The van der Waals surface area contributed by atoms with Crippen LogP contribution in [0.25, 0.3) is 0 Å². The van der Waals surface area contributed by atoms with Crippen LogP contribution in [0.3, 0.4) is 0 Å². The van der Waals surface area contributed by atoms with Crippen molar-refractivity contribution in [2.24, 2.45) is 11.0 Å².